The Morgan fingerprint density at radius 3 is 2.06 bits per heavy atom. The molecule has 16 heavy (non-hydrogen) atoms. The molecular formula is C15H15P. The minimum Gasteiger partial charge on any atom is -0.0861 e. The SMILES string of the molecule is C1=C\C=C/C2C(\C=C/1)P2Cc1ccccc1. The van der Waals surface area contributed by atoms with Gasteiger partial charge < -0.3 is 0 Å². The summed E-state index contributed by atoms with van der Waals surface area (Å²) in [6, 6.07) is 10.9. The van der Waals surface area contributed by atoms with E-state index in [0.29, 0.717) is 0 Å². The van der Waals surface area contributed by atoms with E-state index in [4.69, 9.17) is 0 Å². The van der Waals surface area contributed by atoms with E-state index < -0.39 is 0 Å². The van der Waals surface area contributed by atoms with Gasteiger partial charge in [-0.25, -0.2) is 0 Å². The van der Waals surface area contributed by atoms with Crippen molar-refractivity contribution in [2.45, 2.75) is 17.5 Å². The highest BCUT2D eigenvalue weighted by Crippen LogP contribution is 2.69. The van der Waals surface area contributed by atoms with Gasteiger partial charge in [0.2, 0.25) is 0 Å². The van der Waals surface area contributed by atoms with Crippen molar-refractivity contribution in [2.75, 3.05) is 0 Å². The highest BCUT2D eigenvalue weighted by atomic mass is 31.1. The van der Waals surface area contributed by atoms with Crippen molar-refractivity contribution in [2.24, 2.45) is 0 Å². The maximum absolute atomic E-state index is 2.39. The van der Waals surface area contributed by atoms with Gasteiger partial charge in [-0.1, -0.05) is 74.7 Å². The summed E-state index contributed by atoms with van der Waals surface area (Å²) in [6.45, 7) is 0. The molecule has 1 fully saturated rings. The second-order valence-electron chi connectivity index (χ2n) is 4.29. The number of rotatable bonds is 2. The van der Waals surface area contributed by atoms with Crippen LogP contribution >= 0.6 is 7.92 Å². The van der Waals surface area contributed by atoms with Crippen molar-refractivity contribution in [1.29, 1.82) is 0 Å². The van der Waals surface area contributed by atoms with Crippen LogP contribution in [-0.4, -0.2) is 11.3 Å². The Bertz CT molecular complexity index is 420. The molecule has 1 aromatic carbocycles. The second kappa shape index (κ2) is 4.39. The molecule has 0 aromatic heterocycles. The quantitative estimate of drug-likeness (QED) is 0.666. The first-order valence-electron chi connectivity index (χ1n) is 5.76. The third-order valence-corrected chi connectivity index (χ3v) is 6.09. The molecule has 1 aliphatic carbocycles. The predicted molar refractivity (Wildman–Crippen MR) is 72.1 cm³/mol. The van der Waals surface area contributed by atoms with Crippen LogP contribution in [0.2, 0.25) is 0 Å². The fourth-order valence-corrected chi connectivity index (χ4v) is 5.07. The van der Waals surface area contributed by atoms with E-state index in [1.807, 2.05) is 0 Å². The van der Waals surface area contributed by atoms with Crippen LogP contribution in [0.5, 0.6) is 0 Å². The Hall–Kier alpha value is -1.13. The fourth-order valence-electron chi connectivity index (χ4n) is 2.26. The molecule has 0 nitrogen and oxygen atoms in total. The molecule has 1 saturated heterocycles. The maximum atomic E-state index is 2.39. The van der Waals surface area contributed by atoms with Gasteiger partial charge in [0.1, 0.15) is 0 Å². The average molecular weight is 226 g/mol. The lowest BCUT2D eigenvalue weighted by Gasteiger charge is -1.98. The summed E-state index contributed by atoms with van der Waals surface area (Å²) in [7, 11) is 0.161. The van der Waals surface area contributed by atoms with E-state index in [-0.39, 0.29) is 7.92 Å². The first-order chi connectivity index (χ1) is 7.95. The van der Waals surface area contributed by atoms with Gasteiger partial charge >= 0.3 is 0 Å². The number of hydrogen-bond donors (Lipinski definition) is 0. The summed E-state index contributed by atoms with van der Waals surface area (Å²) in [5.74, 6) is 0. The third kappa shape index (κ3) is 2.03. The van der Waals surface area contributed by atoms with Crippen molar-refractivity contribution in [3.63, 3.8) is 0 Å². The minimum absolute atomic E-state index is 0.161. The maximum Gasteiger partial charge on any atom is 0.00848 e. The summed E-state index contributed by atoms with van der Waals surface area (Å²) in [5.41, 5.74) is 3.16. The molecule has 0 radical (unpaired) electrons. The largest absolute Gasteiger partial charge is 0.0861 e. The normalized spacial score (nSPS) is 36.6. The molecule has 1 aromatic rings. The number of hydrogen-bond acceptors (Lipinski definition) is 0. The van der Waals surface area contributed by atoms with Crippen molar-refractivity contribution < 1.29 is 0 Å². The summed E-state index contributed by atoms with van der Waals surface area (Å²) in [4.78, 5) is 0. The highest BCUT2D eigenvalue weighted by molar-refractivity contribution is 7.67. The summed E-state index contributed by atoms with van der Waals surface area (Å²) >= 11 is 0. The lowest BCUT2D eigenvalue weighted by Crippen LogP contribution is -1.84. The summed E-state index contributed by atoms with van der Waals surface area (Å²) in [5, 5.41) is 0. The molecule has 0 spiro atoms. The average Bonchev–Trinajstić information content (AvgIpc) is 2.89. The lowest BCUT2D eigenvalue weighted by molar-refractivity contribution is 1.23. The van der Waals surface area contributed by atoms with Crippen LogP contribution in [0.3, 0.4) is 0 Å². The molecule has 0 bridgehead atoms. The monoisotopic (exact) mass is 226 g/mol. The van der Waals surface area contributed by atoms with Crippen LogP contribution in [0.4, 0.5) is 0 Å². The van der Waals surface area contributed by atoms with E-state index in [2.05, 4.69) is 66.8 Å². The molecule has 2 atom stereocenters. The first kappa shape index (κ1) is 10.1. The predicted octanol–water partition coefficient (Wildman–Crippen LogP) is 4.10. The Morgan fingerprint density at radius 2 is 1.44 bits per heavy atom. The van der Waals surface area contributed by atoms with Crippen LogP contribution in [0.25, 0.3) is 0 Å². The Morgan fingerprint density at radius 1 is 0.812 bits per heavy atom. The van der Waals surface area contributed by atoms with Gasteiger partial charge in [-0.05, 0) is 11.7 Å². The molecule has 0 saturated carbocycles. The second-order valence-corrected chi connectivity index (χ2v) is 6.83. The van der Waals surface area contributed by atoms with Crippen molar-refractivity contribution in [3.05, 3.63) is 72.4 Å². The van der Waals surface area contributed by atoms with Crippen LogP contribution in [0.1, 0.15) is 5.56 Å². The van der Waals surface area contributed by atoms with Crippen LogP contribution < -0.4 is 0 Å². The zero-order chi connectivity index (χ0) is 10.8. The lowest BCUT2D eigenvalue weighted by atomic mass is 10.2. The van der Waals surface area contributed by atoms with Crippen LogP contribution in [-0.2, 0) is 6.16 Å². The van der Waals surface area contributed by atoms with Crippen LogP contribution in [0, 0.1) is 0 Å². The highest BCUT2D eigenvalue weighted by Gasteiger charge is 2.45. The molecule has 1 heterocycles. The minimum atomic E-state index is 0.161. The molecular weight excluding hydrogens is 211 g/mol. The first-order valence-corrected chi connectivity index (χ1v) is 7.43. The topological polar surface area (TPSA) is 0 Å². The molecule has 0 amide bonds. The fraction of sp³-hybridized carbons (Fsp3) is 0.200. The molecule has 2 unspecified atom stereocenters. The van der Waals surface area contributed by atoms with Crippen molar-refractivity contribution in [1.82, 2.24) is 0 Å². The summed E-state index contributed by atoms with van der Waals surface area (Å²) in [6.07, 6.45) is 14.7. The number of benzene rings is 1. The van der Waals surface area contributed by atoms with E-state index in [9.17, 15) is 0 Å². The smallest absolute Gasteiger partial charge is 0.00848 e. The molecule has 2 aliphatic rings. The Kier molecular flexibility index (Phi) is 2.76. The van der Waals surface area contributed by atoms with E-state index in [1.165, 1.54) is 11.7 Å². The van der Waals surface area contributed by atoms with E-state index in [0.717, 1.165) is 11.3 Å². The van der Waals surface area contributed by atoms with Crippen molar-refractivity contribution in [3.8, 4) is 0 Å². The molecule has 3 rings (SSSR count). The van der Waals surface area contributed by atoms with Gasteiger partial charge in [-0.15, -0.1) is 0 Å². The molecule has 80 valence electrons. The van der Waals surface area contributed by atoms with Gasteiger partial charge in [0.15, 0.2) is 0 Å². The molecule has 1 heteroatoms. The standard InChI is InChI=1S/C15H15P/c1-2-7-11-15-14(10-6-1)16(15)12-13-8-4-3-5-9-13/h1-11,14-15H,12H2/b2-1-,10-6-,11-7-. The molecule has 0 N–H and O–H groups in total. The van der Waals surface area contributed by atoms with Gasteiger partial charge in [0.05, 0.1) is 0 Å². The van der Waals surface area contributed by atoms with E-state index in [1.54, 1.807) is 0 Å². The van der Waals surface area contributed by atoms with Gasteiger partial charge in [-0.3, -0.25) is 0 Å². The zero-order valence-corrected chi connectivity index (χ0v) is 10.1. The van der Waals surface area contributed by atoms with Crippen LogP contribution in [0.15, 0.2) is 66.8 Å². The van der Waals surface area contributed by atoms with E-state index >= 15 is 0 Å². The van der Waals surface area contributed by atoms with Crippen molar-refractivity contribution >= 4 is 7.92 Å². The Balaban J connectivity index is 1.71. The Labute approximate surface area is 98.1 Å². The van der Waals surface area contributed by atoms with Gasteiger partial charge in [0.25, 0.3) is 0 Å². The van der Waals surface area contributed by atoms with Gasteiger partial charge in [-0.2, -0.15) is 0 Å². The van der Waals surface area contributed by atoms with Gasteiger partial charge in [0, 0.05) is 11.3 Å². The summed E-state index contributed by atoms with van der Waals surface area (Å²) < 4.78 is 0. The third-order valence-electron chi connectivity index (χ3n) is 3.18. The molecule has 1 aliphatic heterocycles. The zero-order valence-electron chi connectivity index (χ0n) is 9.16. The number of fused-ring (bicyclic) bond motifs is 1. The number of allylic oxidation sites excluding steroid dienone is 6.